The quantitative estimate of drug-likeness (QED) is 0.375. The maximum atomic E-state index is 13.4. The van der Waals surface area contributed by atoms with Crippen LogP contribution in [0.5, 0.6) is 11.5 Å². The number of carboxylic acids is 1. The fourth-order valence-electron chi connectivity index (χ4n) is 4.49. The Morgan fingerprint density at radius 1 is 1.19 bits per heavy atom. The molecule has 0 bridgehead atoms. The highest BCUT2D eigenvalue weighted by atomic mass is 32.2. The molecule has 1 aromatic rings. The van der Waals surface area contributed by atoms with Gasteiger partial charge in [0.1, 0.15) is 18.0 Å². The van der Waals surface area contributed by atoms with Gasteiger partial charge in [0.2, 0.25) is 12.7 Å². The van der Waals surface area contributed by atoms with Crippen LogP contribution in [0.4, 0.5) is 0 Å². The van der Waals surface area contributed by atoms with Crippen molar-refractivity contribution in [2.24, 2.45) is 5.41 Å². The number of thioether (sulfide) groups is 1. The average molecular weight is 536 g/mol. The number of amides is 2. The molecule has 11 nitrogen and oxygen atoms in total. The van der Waals surface area contributed by atoms with Crippen molar-refractivity contribution in [3.05, 3.63) is 23.8 Å². The SMILES string of the molecule is CC(C)(C)C(=O)OCS[C@@H](Cc1ccc2c(c1)OCO2)C(=O)NC1CCN2CCC[C@@H](C(=O)O)N2C1=O. The number of hydrazine groups is 1. The minimum absolute atomic E-state index is 0.0294. The number of hydrogen-bond acceptors (Lipinski definition) is 9. The van der Waals surface area contributed by atoms with Crippen LogP contribution in [0.25, 0.3) is 0 Å². The lowest BCUT2D eigenvalue weighted by Crippen LogP contribution is -2.66. The van der Waals surface area contributed by atoms with E-state index < -0.39 is 34.6 Å². The molecule has 2 saturated heterocycles. The molecule has 3 atom stereocenters. The largest absolute Gasteiger partial charge is 0.480 e. The van der Waals surface area contributed by atoms with E-state index in [0.717, 1.165) is 17.3 Å². The van der Waals surface area contributed by atoms with Gasteiger partial charge in [-0.25, -0.2) is 9.80 Å². The molecule has 2 amide bonds. The van der Waals surface area contributed by atoms with E-state index in [1.165, 1.54) is 5.01 Å². The zero-order chi connectivity index (χ0) is 26.7. The summed E-state index contributed by atoms with van der Waals surface area (Å²) in [5.41, 5.74) is 0.146. The number of nitrogens with one attached hydrogen (secondary N) is 1. The van der Waals surface area contributed by atoms with Crippen LogP contribution in [0.1, 0.15) is 45.6 Å². The van der Waals surface area contributed by atoms with E-state index in [9.17, 15) is 24.3 Å². The summed E-state index contributed by atoms with van der Waals surface area (Å²) in [7, 11) is 0. The van der Waals surface area contributed by atoms with Crippen molar-refractivity contribution in [2.45, 2.75) is 63.8 Å². The lowest BCUT2D eigenvalue weighted by molar-refractivity contribution is -0.183. The third-order valence-corrected chi connectivity index (χ3v) is 7.55. The first-order valence-corrected chi connectivity index (χ1v) is 13.4. The van der Waals surface area contributed by atoms with E-state index in [2.05, 4.69) is 5.32 Å². The zero-order valence-electron chi connectivity index (χ0n) is 21.2. The molecule has 202 valence electrons. The number of carbonyl (C=O) groups is 4. The molecule has 0 spiro atoms. The predicted molar refractivity (Wildman–Crippen MR) is 134 cm³/mol. The first-order chi connectivity index (χ1) is 17.5. The Hall–Kier alpha value is -2.99. The van der Waals surface area contributed by atoms with Gasteiger partial charge in [-0.3, -0.25) is 19.4 Å². The molecule has 37 heavy (non-hydrogen) atoms. The van der Waals surface area contributed by atoms with Crippen LogP contribution >= 0.6 is 11.8 Å². The third-order valence-electron chi connectivity index (χ3n) is 6.52. The number of ether oxygens (including phenoxy) is 3. The van der Waals surface area contributed by atoms with Crippen LogP contribution in [-0.4, -0.2) is 82.0 Å². The van der Waals surface area contributed by atoms with Crippen molar-refractivity contribution in [3.63, 3.8) is 0 Å². The van der Waals surface area contributed by atoms with Crippen LogP contribution in [0.15, 0.2) is 18.2 Å². The number of carboxylic acid groups (broad SMARTS) is 1. The highest BCUT2D eigenvalue weighted by Gasteiger charge is 2.44. The summed E-state index contributed by atoms with van der Waals surface area (Å²) in [5.74, 6) is -1.05. The monoisotopic (exact) mass is 535 g/mol. The summed E-state index contributed by atoms with van der Waals surface area (Å²) in [6.45, 7) is 6.47. The van der Waals surface area contributed by atoms with Crippen molar-refractivity contribution in [1.29, 1.82) is 0 Å². The molecular weight excluding hydrogens is 502 g/mol. The Morgan fingerprint density at radius 3 is 2.68 bits per heavy atom. The van der Waals surface area contributed by atoms with E-state index in [1.807, 2.05) is 6.07 Å². The van der Waals surface area contributed by atoms with E-state index in [0.29, 0.717) is 50.3 Å². The van der Waals surface area contributed by atoms with E-state index >= 15 is 0 Å². The molecule has 0 saturated carbocycles. The average Bonchev–Trinajstić information content (AvgIpc) is 3.32. The lowest BCUT2D eigenvalue weighted by Gasteiger charge is -2.47. The van der Waals surface area contributed by atoms with Crippen molar-refractivity contribution < 1.29 is 38.5 Å². The van der Waals surface area contributed by atoms with Gasteiger partial charge in [-0.1, -0.05) is 6.07 Å². The number of esters is 1. The lowest BCUT2D eigenvalue weighted by atomic mass is 9.98. The Balaban J connectivity index is 1.46. The second-order valence-electron chi connectivity index (χ2n) is 10.3. The first-order valence-electron chi connectivity index (χ1n) is 12.3. The van der Waals surface area contributed by atoms with E-state index in [1.54, 1.807) is 37.9 Å². The number of carbonyl (C=O) groups excluding carboxylic acids is 3. The van der Waals surface area contributed by atoms with Gasteiger partial charge >= 0.3 is 11.9 Å². The molecule has 0 aromatic heterocycles. The molecule has 4 rings (SSSR count). The molecule has 0 aliphatic carbocycles. The molecule has 1 aromatic carbocycles. The predicted octanol–water partition coefficient (Wildman–Crippen LogP) is 1.79. The Labute approximate surface area is 219 Å². The third kappa shape index (κ3) is 6.30. The number of fused-ring (bicyclic) bond motifs is 2. The summed E-state index contributed by atoms with van der Waals surface area (Å²) in [6, 6.07) is 3.65. The van der Waals surface area contributed by atoms with Crippen molar-refractivity contribution >= 4 is 35.5 Å². The van der Waals surface area contributed by atoms with Gasteiger partial charge in [0.05, 0.1) is 10.7 Å². The normalized spacial score (nSPS) is 22.2. The minimum Gasteiger partial charge on any atom is -0.480 e. The van der Waals surface area contributed by atoms with Gasteiger partial charge in [-0.05, 0) is 64.2 Å². The standard InChI is InChI=1S/C25H33N3O8S/c1-25(2,3)24(33)36-14-37-20(12-15-6-7-18-19(11-15)35-13-34-18)21(29)26-16-8-10-27-9-4-5-17(23(31)32)28(27)22(16)30/h6-7,11,16-17,20H,4-5,8-10,12-14H2,1-3H3,(H,26,29)(H,31,32)/t16?,17-,20-/m0/s1. The van der Waals surface area contributed by atoms with Crippen LogP contribution in [0.2, 0.25) is 0 Å². The summed E-state index contributed by atoms with van der Waals surface area (Å²) >= 11 is 1.16. The van der Waals surface area contributed by atoms with Gasteiger partial charge in [-0.15, -0.1) is 11.8 Å². The summed E-state index contributed by atoms with van der Waals surface area (Å²) in [5, 5.41) is 14.8. The smallest absolute Gasteiger partial charge is 0.328 e. The van der Waals surface area contributed by atoms with Gasteiger partial charge in [-0.2, -0.15) is 0 Å². The molecule has 2 N–H and O–H groups in total. The second kappa shape index (κ2) is 11.2. The summed E-state index contributed by atoms with van der Waals surface area (Å²) < 4.78 is 16.2. The molecule has 12 heteroatoms. The Kier molecular flexibility index (Phi) is 8.17. The number of hydrogen-bond donors (Lipinski definition) is 2. The number of benzene rings is 1. The second-order valence-corrected chi connectivity index (χ2v) is 11.5. The molecule has 2 fully saturated rings. The number of aliphatic carboxylic acids is 1. The van der Waals surface area contributed by atoms with E-state index in [4.69, 9.17) is 14.2 Å². The summed E-state index contributed by atoms with van der Waals surface area (Å²) in [6.07, 6.45) is 1.75. The Bertz CT molecular complexity index is 1060. The zero-order valence-corrected chi connectivity index (χ0v) is 22.0. The molecule has 0 radical (unpaired) electrons. The van der Waals surface area contributed by atoms with Gasteiger partial charge in [0, 0.05) is 13.1 Å². The van der Waals surface area contributed by atoms with Crippen LogP contribution in [-0.2, 0) is 30.3 Å². The maximum absolute atomic E-state index is 13.4. The molecule has 3 aliphatic rings. The van der Waals surface area contributed by atoms with Crippen molar-refractivity contribution in [1.82, 2.24) is 15.3 Å². The highest BCUT2D eigenvalue weighted by Crippen LogP contribution is 2.34. The van der Waals surface area contributed by atoms with Crippen LogP contribution < -0.4 is 14.8 Å². The maximum Gasteiger partial charge on any atom is 0.328 e. The van der Waals surface area contributed by atoms with Crippen LogP contribution in [0.3, 0.4) is 0 Å². The molecular formula is C25H33N3O8S. The van der Waals surface area contributed by atoms with Gasteiger partial charge in [0.25, 0.3) is 5.91 Å². The fourth-order valence-corrected chi connectivity index (χ4v) is 5.36. The highest BCUT2D eigenvalue weighted by molar-refractivity contribution is 8.00. The molecule has 3 aliphatic heterocycles. The first kappa shape index (κ1) is 27.1. The summed E-state index contributed by atoms with van der Waals surface area (Å²) in [4.78, 5) is 50.6. The topological polar surface area (TPSA) is 135 Å². The van der Waals surface area contributed by atoms with E-state index in [-0.39, 0.29) is 24.6 Å². The van der Waals surface area contributed by atoms with Crippen LogP contribution in [0, 0.1) is 5.41 Å². The molecule has 3 heterocycles. The minimum atomic E-state index is -1.05. The van der Waals surface area contributed by atoms with Gasteiger partial charge < -0.3 is 24.6 Å². The Morgan fingerprint density at radius 2 is 1.95 bits per heavy atom. The van der Waals surface area contributed by atoms with Crippen molar-refractivity contribution in [2.75, 3.05) is 25.8 Å². The van der Waals surface area contributed by atoms with Crippen molar-refractivity contribution in [3.8, 4) is 11.5 Å². The molecule has 1 unspecified atom stereocenters. The fraction of sp³-hybridized carbons (Fsp3) is 0.600. The number of nitrogens with zero attached hydrogens (tertiary/aromatic N) is 2. The van der Waals surface area contributed by atoms with Gasteiger partial charge in [0.15, 0.2) is 11.5 Å². The number of rotatable bonds is 8.